The van der Waals surface area contributed by atoms with Crippen molar-refractivity contribution in [2.24, 2.45) is 17.8 Å². The molecule has 26 heavy (non-hydrogen) atoms. The maximum Gasteiger partial charge on any atom is 0.256 e. The van der Waals surface area contributed by atoms with E-state index in [2.05, 4.69) is 20.4 Å². The molecule has 4 fully saturated rings. The number of amides is 1. The van der Waals surface area contributed by atoms with Crippen LogP contribution in [-0.2, 0) is 0 Å². The van der Waals surface area contributed by atoms with E-state index in [0.717, 1.165) is 32.1 Å². The van der Waals surface area contributed by atoms with Crippen LogP contribution in [-0.4, -0.2) is 42.4 Å². The molecule has 8 heteroatoms. The Bertz CT molecular complexity index is 839. The smallest absolute Gasteiger partial charge is 0.256 e. The number of nitrogens with zero attached hydrogens (tertiary/aromatic N) is 4. The molecule has 0 spiro atoms. The van der Waals surface area contributed by atoms with Gasteiger partial charge in [-0.1, -0.05) is 0 Å². The van der Waals surface area contributed by atoms with E-state index in [9.17, 15) is 9.90 Å². The molecule has 2 heterocycles. The van der Waals surface area contributed by atoms with E-state index in [1.54, 1.807) is 18.5 Å². The largest absolute Gasteiger partial charge is 0.390 e. The highest BCUT2D eigenvalue weighted by Gasteiger charge is 2.55. The van der Waals surface area contributed by atoms with E-state index in [0.29, 0.717) is 29.1 Å². The molecule has 0 aromatic carbocycles. The molecular weight excluding hydrogens is 354 g/mol. The van der Waals surface area contributed by atoms with Crippen LogP contribution in [0, 0.1) is 17.8 Å². The lowest BCUT2D eigenvalue weighted by atomic mass is 9.52. The van der Waals surface area contributed by atoms with Crippen molar-refractivity contribution < 1.29 is 9.90 Å². The summed E-state index contributed by atoms with van der Waals surface area (Å²) in [5.41, 5.74) is -0.160. The maximum absolute atomic E-state index is 13.0. The molecule has 4 aliphatic carbocycles. The second-order valence-electron chi connectivity index (χ2n) is 8.02. The third kappa shape index (κ3) is 2.61. The number of hydrogen-bond donors (Lipinski definition) is 2. The van der Waals surface area contributed by atoms with E-state index in [4.69, 9.17) is 11.6 Å². The van der Waals surface area contributed by atoms with Crippen LogP contribution in [0.3, 0.4) is 0 Å². The minimum absolute atomic E-state index is 0.0731. The fourth-order valence-electron chi connectivity index (χ4n) is 5.53. The van der Waals surface area contributed by atoms with Gasteiger partial charge in [0.1, 0.15) is 5.56 Å². The number of carbonyl (C=O) groups excluding carboxylic acids is 1. The van der Waals surface area contributed by atoms with Gasteiger partial charge in [-0.15, -0.1) is 0 Å². The Morgan fingerprint density at radius 2 is 2.08 bits per heavy atom. The molecule has 4 bridgehead atoms. The summed E-state index contributed by atoms with van der Waals surface area (Å²) in [4.78, 5) is 21.2. The number of aliphatic hydroxyl groups is 1. The van der Waals surface area contributed by atoms with Gasteiger partial charge in [-0.3, -0.25) is 4.79 Å². The maximum atomic E-state index is 13.0. The number of halogens is 1. The lowest BCUT2D eigenvalue weighted by Crippen LogP contribution is -2.61. The Labute approximate surface area is 155 Å². The summed E-state index contributed by atoms with van der Waals surface area (Å²) >= 11 is 5.92. The lowest BCUT2D eigenvalue weighted by Gasteiger charge is -2.58. The zero-order chi connectivity index (χ0) is 17.9. The van der Waals surface area contributed by atoms with Crippen LogP contribution in [0.1, 0.15) is 42.5 Å². The number of aromatic nitrogens is 4. The molecule has 2 atom stereocenters. The van der Waals surface area contributed by atoms with Crippen LogP contribution in [0.4, 0.5) is 0 Å². The van der Waals surface area contributed by atoms with Crippen molar-refractivity contribution in [3.05, 3.63) is 35.5 Å². The second kappa shape index (κ2) is 5.76. The molecule has 2 aromatic rings. The first-order valence-corrected chi connectivity index (χ1v) is 9.44. The fourth-order valence-corrected chi connectivity index (χ4v) is 5.66. The summed E-state index contributed by atoms with van der Waals surface area (Å²) in [7, 11) is 0. The van der Waals surface area contributed by atoms with Crippen molar-refractivity contribution in [3.63, 3.8) is 0 Å². The number of nitrogens with one attached hydrogen (secondary N) is 1. The van der Waals surface area contributed by atoms with Gasteiger partial charge in [-0.2, -0.15) is 10.1 Å². The average molecular weight is 374 g/mol. The minimum atomic E-state index is -0.513. The van der Waals surface area contributed by atoms with Crippen LogP contribution in [0.2, 0.25) is 5.28 Å². The summed E-state index contributed by atoms with van der Waals surface area (Å²) in [6.07, 6.45) is 9.46. The van der Waals surface area contributed by atoms with Crippen LogP contribution in [0.5, 0.6) is 0 Å². The highest BCUT2D eigenvalue weighted by Crippen LogP contribution is 2.55. The summed E-state index contributed by atoms with van der Waals surface area (Å²) < 4.78 is 1.52. The summed E-state index contributed by atoms with van der Waals surface area (Å²) in [6.45, 7) is 0. The fraction of sp³-hybridized carbons (Fsp3) is 0.556. The first kappa shape index (κ1) is 16.2. The molecule has 0 radical (unpaired) electrons. The van der Waals surface area contributed by atoms with Crippen molar-refractivity contribution in [1.29, 1.82) is 0 Å². The lowest BCUT2D eigenvalue weighted by molar-refractivity contribution is -0.136. The number of hydrogen-bond acceptors (Lipinski definition) is 5. The first-order chi connectivity index (χ1) is 12.5. The third-order valence-corrected chi connectivity index (χ3v) is 6.43. The van der Waals surface area contributed by atoms with Crippen molar-refractivity contribution in [1.82, 2.24) is 25.1 Å². The topological polar surface area (TPSA) is 92.9 Å². The Hall–Kier alpha value is -1.99. The Kier molecular flexibility index (Phi) is 3.59. The van der Waals surface area contributed by atoms with Gasteiger partial charge in [0.25, 0.3) is 5.91 Å². The molecule has 4 aliphatic rings. The van der Waals surface area contributed by atoms with Crippen molar-refractivity contribution in [2.45, 2.75) is 43.7 Å². The van der Waals surface area contributed by atoms with E-state index in [1.165, 1.54) is 10.9 Å². The number of carbonyl (C=O) groups is 1. The normalized spacial score (nSPS) is 34.8. The van der Waals surface area contributed by atoms with Crippen LogP contribution in [0.15, 0.2) is 24.7 Å². The zero-order valence-corrected chi connectivity index (χ0v) is 14.9. The van der Waals surface area contributed by atoms with Crippen LogP contribution in [0.25, 0.3) is 5.82 Å². The second-order valence-corrected chi connectivity index (χ2v) is 8.36. The molecule has 0 aliphatic heterocycles. The van der Waals surface area contributed by atoms with Gasteiger partial charge in [-0.05, 0) is 67.5 Å². The molecule has 2 N–H and O–H groups in total. The Balaban J connectivity index is 1.42. The average Bonchev–Trinajstić information content (AvgIpc) is 3.11. The molecule has 4 saturated carbocycles. The highest BCUT2D eigenvalue weighted by atomic mass is 35.5. The quantitative estimate of drug-likeness (QED) is 0.802. The monoisotopic (exact) mass is 373 g/mol. The summed E-state index contributed by atoms with van der Waals surface area (Å²) in [6, 6.07) is 1.86. The highest BCUT2D eigenvalue weighted by molar-refractivity contribution is 6.28. The molecule has 2 aromatic heterocycles. The molecule has 7 nitrogen and oxygen atoms in total. The molecule has 1 amide bonds. The van der Waals surface area contributed by atoms with Crippen molar-refractivity contribution in [3.8, 4) is 5.82 Å². The zero-order valence-electron chi connectivity index (χ0n) is 14.2. The van der Waals surface area contributed by atoms with Gasteiger partial charge in [0.05, 0.1) is 5.60 Å². The molecular formula is C18H20ClN5O2. The summed E-state index contributed by atoms with van der Waals surface area (Å²) in [5.74, 6) is 1.45. The minimum Gasteiger partial charge on any atom is -0.390 e. The molecule has 6 rings (SSSR count). The standard InChI is InChI=1S/C18H20ClN5O2/c19-17-20-9-13(15(23-17)24-3-1-2-21-24)16(25)22-14-11-4-10-5-12(14)8-18(26,6-10)7-11/h1-3,9-12,14,26H,4-8H2,(H,22,25)/t10?,11?,12?,14-,18+. The SMILES string of the molecule is O=C(N[C@H]1C2CC3CC1C[C@@](O)(C3)C2)c1cnc(Cl)nc1-n1cccn1. The van der Waals surface area contributed by atoms with E-state index in [1.807, 2.05) is 0 Å². The van der Waals surface area contributed by atoms with Gasteiger partial charge in [0.15, 0.2) is 5.82 Å². The Morgan fingerprint density at radius 3 is 2.73 bits per heavy atom. The van der Waals surface area contributed by atoms with Gasteiger partial charge in [-0.25, -0.2) is 9.67 Å². The van der Waals surface area contributed by atoms with Crippen molar-refractivity contribution >= 4 is 17.5 Å². The first-order valence-electron chi connectivity index (χ1n) is 9.06. The molecule has 136 valence electrons. The van der Waals surface area contributed by atoms with E-state index < -0.39 is 5.60 Å². The van der Waals surface area contributed by atoms with E-state index in [-0.39, 0.29) is 17.2 Å². The van der Waals surface area contributed by atoms with Gasteiger partial charge >= 0.3 is 0 Å². The van der Waals surface area contributed by atoms with Gasteiger partial charge in [0, 0.05) is 24.6 Å². The van der Waals surface area contributed by atoms with Crippen LogP contribution >= 0.6 is 11.6 Å². The number of rotatable bonds is 3. The van der Waals surface area contributed by atoms with E-state index >= 15 is 0 Å². The predicted molar refractivity (Wildman–Crippen MR) is 93.9 cm³/mol. The third-order valence-electron chi connectivity index (χ3n) is 6.24. The molecule has 2 unspecified atom stereocenters. The van der Waals surface area contributed by atoms with Gasteiger partial charge < -0.3 is 10.4 Å². The summed E-state index contributed by atoms with van der Waals surface area (Å²) in [5, 5.41) is 18.1. The Morgan fingerprint density at radius 1 is 1.31 bits per heavy atom. The predicted octanol–water partition coefficient (Wildman–Crippen LogP) is 1.99. The van der Waals surface area contributed by atoms with Crippen LogP contribution < -0.4 is 5.32 Å². The van der Waals surface area contributed by atoms with Crippen molar-refractivity contribution in [2.75, 3.05) is 0 Å². The molecule has 0 saturated heterocycles. The van der Waals surface area contributed by atoms with Gasteiger partial charge in [0.2, 0.25) is 5.28 Å².